The fraction of sp³-hybridized carbons (Fsp3) is 0.400. The summed E-state index contributed by atoms with van der Waals surface area (Å²) in [4.78, 5) is 2.50. The predicted octanol–water partition coefficient (Wildman–Crippen LogP) is 3.82. The minimum Gasteiger partial charge on any atom is -0.494 e. The molecule has 1 aliphatic heterocycles. The highest BCUT2D eigenvalue weighted by Gasteiger charge is 2.30. The van der Waals surface area contributed by atoms with E-state index in [1.807, 2.05) is 49.0 Å². The molecule has 0 amide bonds. The van der Waals surface area contributed by atoms with E-state index < -0.39 is 0 Å². The lowest BCUT2D eigenvalue weighted by Crippen LogP contribution is -2.23. The first-order valence-corrected chi connectivity index (χ1v) is 9.01. The Morgan fingerprint density at radius 3 is 2.88 bits per heavy atom. The van der Waals surface area contributed by atoms with E-state index in [1.165, 1.54) is 17.5 Å². The molecule has 26 heavy (non-hydrogen) atoms. The second-order valence-electron chi connectivity index (χ2n) is 6.83. The van der Waals surface area contributed by atoms with Crippen LogP contribution in [0.15, 0.2) is 41.2 Å². The SMILES string of the molecule is COc1ccccc1-n1cc(CN2CCC[C@@H]2c2c(C)noc2C)cn1. The quantitative estimate of drug-likeness (QED) is 0.699. The van der Waals surface area contributed by atoms with Crippen molar-refractivity contribution in [1.29, 1.82) is 0 Å². The Labute approximate surface area is 153 Å². The highest BCUT2D eigenvalue weighted by molar-refractivity contribution is 5.46. The topological polar surface area (TPSA) is 56.3 Å². The number of aryl methyl sites for hydroxylation is 2. The minimum absolute atomic E-state index is 0.371. The van der Waals surface area contributed by atoms with Gasteiger partial charge in [-0.3, -0.25) is 4.90 Å². The molecule has 2 aromatic heterocycles. The molecule has 6 heteroatoms. The van der Waals surface area contributed by atoms with Gasteiger partial charge >= 0.3 is 0 Å². The van der Waals surface area contributed by atoms with Crippen molar-refractivity contribution in [3.8, 4) is 11.4 Å². The second kappa shape index (κ2) is 6.96. The number of methoxy groups -OCH3 is 1. The number of hydrogen-bond donors (Lipinski definition) is 0. The van der Waals surface area contributed by atoms with E-state index in [-0.39, 0.29) is 0 Å². The molecule has 4 rings (SSSR count). The summed E-state index contributed by atoms with van der Waals surface area (Å²) >= 11 is 0. The van der Waals surface area contributed by atoms with E-state index >= 15 is 0 Å². The molecule has 1 aliphatic rings. The average molecular weight is 352 g/mol. The molecule has 1 saturated heterocycles. The number of rotatable bonds is 5. The Morgan fingerprint density at radius 1 is 1.27 bits per heavy atom. The summed E-state index contributed by atoms with van der Waals surface area (Å²) in [7, 11) is 1.68. The largest absolute Gasteiger partial charge is 0.494 e. The van der Waals surface area contributed by atoms with E-state index in [1.54, 1.807) is 7.11 Å². The molecule has 0 saturated carbocycles. The molecule has 1 aromatic carbocycles. The molecule has 1 fully saturated rings. The first-order valence-electron chi connectivity index (χ1n) is 9.01. The van der Waals surface area contributed by atoms with Crippen LogP contribution in [0.25, 0.3) is 5.69 Å². The first-order chi connectivity index (χ1) is 12.7. The summed E-state index contributed by atoms with van der Waals surface area (Å²) in [6.07, 6.45) is 6.36. The molecule has 136 valence electrons. The summed E-state index contributed by atoms with van der Waals surface area (Å²) in [5.74, 6) is 1.75. The molecule has 6 nitrogen and oxygen atoms in total. The van der Waals surface area contributed by atoms with Crippen LogP contribution in [0.4, 0.5) is 0 Å². The molecular formula is C20H24N4O2. The number of aromatic nitrogens is 3. The molecule has 0 radical (unpaired) electrons. The van der Waals surface area contributed by atoms with Crippen LogP contribution in [-0.2, 0) is 6.54 Å². The van der Waals surface area contributed by atoms with Crippen LogP contribution >= 0.6 is 0 Å². The number of likely N-dealkylation sites (tertiary alicyclic amines) is 1. The van der Waals surface area contributed by atoms with Crippen LogP contribution in [0, 0.1) is 13.8 Å². The van der Waals surface area contributed by atoms with Gasteiger partial charge in [-0.2, -0.15) is 5.10 Å². The van der Waals surface area contributed by atoms with Gasteiger partial charge in [0.25, 0.3) is 0 Å². The molecule has 0 aliphatic carbocycles. The third-order valence-corrected chi connectivity index (χ3v) is 5.14. The Balaban J connectivity index is 1.55. The predicted molar refractivity (Wildman–Crippen MR) is 98.5 cm³/mol. The van der Waals surface area contributed by atoms with Gasteiger partial charge in [-0.15, -0.1) is 0 Å². The standard InChI is InChI=1S/C20H24N4O2/c1-14-20(15(2)26-22-14)18-8-6-10-23(18)12-16-11-21-24(13-16)17-7-4-5-9-19(17)25-3/h4-5,7,9,11,13,18H,6,8,10,12H2,1-3H3/t18-/m1/s1. The highest BCUT2D eigenvalue weighted by atomic mass is 16.5. The minimum atomic E-state index is 0.371. The van der Waals surface area contributed by atoms with Crippen molar-refractivity contribution in [2.45, 2.75) is 39.3 Å². The van der Waals surface area contributed by atoms with Gasteiger partial charge in [0.05, 0.1) is 19.0 Å². The zero-order valence-electron chi connectivity index (χ0n) is 15.5. The van der Waals surface area contributed by atoms with Gasteiger partial charge in [0.1, 0.15) is 17.2 Å². The molecule has 0 spiro atoms. The van der Waals surface area contributed by atoms with Crippen molar-refractivity contribution in [1.82, 2.24) is 19.8 Å². The molecule has 0 unspecified atom stereocenters. The lowest BCUT2D eigenvalue weighted by atomic mass is 10.0. The van der Waals surface area contributed by atoms with Crippen molar-refractivity contribution >= 4 is 0 Å². The van der Waals surface area contributed by atoms with E-state index in [0.717, 1.165) is 42.4 Å². The molecule has 0 N–H and O–H groups in total. The normalized spacial score (nSPS) is 17.7. The van der Waals surface area contributed by atoms with Crippen molar-refractivity contribution in [3.63, 3.8) is 0 Å². The van der Waals surface area contributed by atoms with E-state index in [9.17, 15) is 0 Å². The van der Waals surface area contributed by atoms with Crippen molar-refractivity contribution in [3.05, 3.63) is 59.2 Å². The molecular weight excluding hydrogens is 328 g/mol. The van der Waals surface area contributed by atoms with Gasteiger partial charge < -0.3 is 9.26 Å². The lowest BCUT2D eigenvalue weighted by Gasteiger charge is -2.23. The summed E-state index contributed by atoms with van der Waals surface area (Å²) in [6, 6.07) is 8.29. The maximum Gasteiger partial charge on any atom is 0.144 e. The van der Waals surface area contributed by atoms with Gasteiger partial charge in [-0.25, -0.2) is 4.68 Å². The van der Waals surface area contributed by atoms with Crippen molar-refractivity contribution < 1.29 is 9.26 Å². The zero-order chi connectivity index (χ0) is 18.1. The van der Waals surface area contributed by atoms with E-state index in [4.69, 9.17) is 9.26 Å². The summed E-state index contributed by atoms with van der Waals surface area (Å²) in [5, 5.41) is 8.67. The van der Waals surface area contributed by atoms with E-state index in [2.05, 4.69) is 21.4 Å². The highest BCUT2D eigenvalue weighted by Crippen LogP contribution is 2.36. The van der Waals surface area contributed by atoms with Crippen LogP contribution in [0.5, 0.6) is 5.75 Å². The summed E-state index contributed by atoms with van der Waals surface area (Å²) in [5.41, 5.74) is 4.39. The number of para-hydroxylation sites is 2. The zero-order valence-corrected chi connectivity index (χ0v) is 15.5. The maximum atomic E-state index is 5.45. The third-order valence-electron chi connectivity index (χ3n) is 5.14. The van der Waals surface area contributed by atoms with E-state index in [0.29, 0.717) is 6.04 Å². The lowest BCUT2D eigenvalue weighted by molar-refractivity contribution is 0.245. The fourth-order valence-corrected chi connectivity index (χ4v) is 3.94. The van der Waals surface area contributed by atoms with Gasteiger partial charge in [0.15, 0.2) is 0 Å². The van der Waals surface area contributed by atoms with Crippen molar-refractivity contribution in [2.75, 3.05) is 13.7 Å². The van der Waals surface area contributed by atoms with Gasteiger partial charge in [-0.05, 0) is 45.4 Å². The molecule has 1 atom stereocenters. The molecule has 3 heterocycles. The van der Waals surface area contributed by atoms with Crippen LogP contribution in [0.1, 0.15) is 41.5 Å². The molecule has 3 aromatic rings. The number of ether oxygens (including phenoxy) is 1. The summed E-state index contributed by atoms with van der Waals surface area (Å²) < 4.78 is 12.7. The first kappa shape index (κ1) is 16.8. The Hall–Kier alpha value is -2.60. The number of hydrogen-bond acceptors (Lipinski definition) is 5. The smallest absolute Gasteiger partial charge is 0.144 e. The maximum absolute atomic E-state index is 5.45. The summed E-state index contributed by atoms with van der Waals surface area (Å²) in [6.45, 7) is 5.98. The fourth-order valence-electron chi connectivity index (χ4n) is 3.94. The Kier molecular flexibility index (Phi) is 4.51. The van der Waals surface area contributed by atoms with Gasteiger partial charge in [-0.1, -0.05) is 17.3 Å². The van der Waals surface area contributed by atoms with Gasteiger partial charge in [0, 0.05) is 29.9 Å². The van der Waals surface area contributed by atoms with Crippen LogP contribution in [0.2, 0.25) is 0 Å². The third kappa shape index (κ3) is 3.01. The van der Waals surface area contributed by atoms with Gasteiger partial charge in [0.2, 0.25) is 0 Å². The van der Waals surface area contributed by atoms with Crippen molar-refractivity contribution in [2.24, 2.45) is 0 Å². The molecule has 0 bridgehead atoms. The average Bonchev–Trinajstić information content (AvgIpc) is 3.37. The van der Waals surface area contributed by atoms with Crippen LogP contribution in [0.3, 0.4) is 0 Å². The second-order valence-corrected chi connectivity index (χ2v) is 6.83. The monoisotopic (exact) mass is 352 g/mol. The van der Waals surface area contributed by atoms with Crippen LogP contribution in [-0.4, -0.2) is 33.5 Å². The van der Waals surface area contributed by atoms with Crippen LogP contribution < -0.4 is 4.74 Å². The number of benzene rings is 1. The Bertz CT molecular complexity index is 879. The number of nitrogens with zero attached hydrogens (tertiary/aromatic N) is 4. The Morgan fingerprint density at radius 2 is 2.12 bits per heavy atom.